The summed E-state index contributed by atoms with van der Waals surface area (Å²) in [4.78, 5) is 23.5. The summed E-state index contributed by atoms with van der Waals surface area (Å²) in [6.07, 6.45) is 4.39. The van der Waals surface area contributed by atoms with Gasteiger partial charge in [0.2, 0.25) is 0 Å². The molecule has 1 fully saturated rings. The van der Waals surface area contributed by atoms with Gasteiger partial charge in [0.1, 0.15) is 0 Å². The molecule has 2 aromatic carbocycles. The third-order valence-electron chi connectivity index (χ3n) is 4.56. The summed E-state index contributed by atoms with van der Waals surface area (Å²) in [5, 5.41) is 11.7. The van der Waals surface area contributed by atoms with Crippen molar-refractivity contribution in [2.45, 2.75) is 38.2 Å². The summed E-state index contributed by atoms with van der Waals surface area (Å²) in [6, 6.07) is 11.9. The van der Waals surface area contributed by atoms with E-state index in [1.54, 1.807) is 49.6 Å². The van der Waals surface area contributed by atoms with Gasteiger partial charge in [-0.25, -0.2) is 0 Å². The molecular weight excluding hydrogens is 346 g/mol. The number of carboxylic acids is 1. The number of rotatable bonds is 7. The summed E-state index contributed by atoms with van der Waals surface area (Å²) < 4.78 is 11.4. The molecule has 6 nitrogen and oxygen atoms in total. The molecule has 1 amide bonds. The molecule has 3 rings (SSSR count). The Bertz CT molecular complexity index is 827. The van der Waals surface area contributed by atoms with E-state index >= 15 is 0 Å². The highest BCUT2D eigenvalue weighted by Gasteiger charge is 2.19. The van der Waals surface area contributed by atoms with Crippen molar-refractivity contribution < 1.29 is 24.2 Å². The number of anilines is 1. The maximum absolute atomic E-state index is 12.6. The molecule has 27 heavy (non-hydrogen) atoms. The fraction of sp³-hybridized carbons (Fsp3) is 0.333. The average molecular weight is 369 g/mol. The van der Waals surface area contributed by atoms with Gasteiger partial charge in [0.05, 0.1) is 19.6 Å². The van der Waals surface area contributed by atoms with Crippen LogP contribution in [0.3, 0.4) is 0 Å². The smallest absolute Gasteiger partial charge is 0.307 e. The Hall–Kier alpha value is -3.02. The molecule has 1 aliphatic rings. The van der Waals surface area contributed by atoms with Crippen LogP contribution in [0.15, 0.2) is 42.5 Å². The molecule has 0 heterocycles. The number of carbonyl (C=O) groups excluding carboxylic acids is 1. The van der Waals surface area contributed by atoms with Gasteiger partial charge in [-0.3, -0.25) is 9.59 Å². The van der Waals surface area contributed by atoms with Crippen LogP contribution >= 0.6 is 0 Å². The highest BCUT2D eigenvalue weighted by molar-refractivity contribution is 6.04. The minimum absolute atomic E-state index is 0.0916. The molecule has 0 radical (unpaired) electrons. The minimum atomic E-state index is -0.915. The number of nitrogens with one attached hydrogen (secondary N) is 1. The van der Waals surface area contributed by atoms with Crippen LogP contribution in [0.1, 0.15) is 41.6 Å². The van der Waals surface area contributed by atoms with E-state index in [9.17, 15) is 9.59 Å². The number of amides is 1. The van der Waals surface area contributed by atoms with Gasteiger partial charge in [-0.15, -0.1) is 0 Å². The van der Waals surface area contributed by atoms with E-state index in [1.165, 1.54) is 0 Å². The van der Waals surface area contributed by atoms with Crippen LogP contribution < -0.4 is 14.8 Å². The molecule has 6 heteroatoms. The maximum atomic E-state index is 12.6. The molecule has 0 saturated heterocycles. The van der Waals surface area contributed by atoms with Crippen molar-refractivity contribution in [1.82, 2.24) is 0 Å². The predicted octanol–water partition coefficient (Wildman–Crippen LogP) is 3.90. The lowest BCUT2D eigenvalue weighted by atomic mass is 10.1. The largest absolute Gasteiger partial charge is 0.493 e. The summed E-state index contributed by atoms with van der Waals surface area (Å²) in [7, 11) is 1.57. The topological polar surface area (TPSA) is 84.9 Å². The highest BCUT2D eigenvalue weighted by Crippen LogP contribution is 2.32. The monoisotopic (exact) mass is 369 g/mol. The van der Waals surface area contributed by atoms with Crippen molar-refractivity contribution in [1.29, 1.82) is 0 Å². The van der Waals surface area contributed by atoms with Crippen LogP contribution in [0, 0.1) is 0 Å². The van der Waals surface area contributed by atoms with Crippen LogP contribution in [-0.4, -0.2) is 30.2 Å². The standard InChI is InChI=1S/C21H23NO5/c1-26-18-10-9-15(13-19(18)27-17-7-2-3-8-17)21(25)22-16-6-4-5-14(11-16)12-20(23)24/h4-6,9-11,13,17H,2-3,7-8,12H2,1H3,(H,22,25)(H,23,24). The summed E-state index contributed by atoms with van der Waals surface area (Å²) >= 11 is 0. The maximum Gasteiger partial charge on any atom is 0.307 e. The SMILES string of the molecule is COc1ccc(C(=O)Nc2cccc(CC(=O)O)c2)cc1OC1CCCC1. The van der Waals surface area contributed by atoms with Gasteiger partial charge in [0.15, 0.2) is 11.5 Å². The number of hydrogen-bond acceptors (Lipinski definition) is 4. The fourth-order valence-electron chi connectivity index (χ4n) is 3.23. The first kappa shape index (κ1) is 18.8. The zero-order valence-electron chi connectivity index (χ0n) is 15.2. The molecular formula is C21H23NO5. The number of ether oxygens (including phenoxy) is 2. The Morgan fingerprint density at radius 1 is 1.11 bits per heavy atom. The van der Waals surface area contributed by atoms with Crippen molar-refractivity contribution >= 4 is 17.6 Å². The first-order chi connectivity index (χ1) is 13.0. The third-order valence-corrected chi connectivity index (χ3v) is 4.56. The Labute approximate surface area is 158 Å². The van der Waals surface area contributed by atoms with Crippen molar-refractivity contribution in [3.8, 4) is 11.5 Å². The van der Waals surface area contributed by atoms with Crippen LogP contribution in [-0.2, 0) is 11.2 Å². The van der Waals surface area contributed by atoms with Gasteiger partial charge in [-0.05, 0) is 61.6 Å². The Morgan fingerprint density at radius 3 is 2.59 bits per heavy atom. The number of carboxylic acid groups (broad SMARTS) is 1. The number of carbonyl (C=O) groups is 2. The molecule has 0 aromatic heterocycles. The van der Waals surface area contributed by atoms with Crippen molar-refractivity contribution in [3.05, 3.63) is 53.6 Å². The third kappa shape index (κ3) is 5.00. The normalized spacial score (nSPS) is 14.0. The van der Waals surface area contributed by atoms with Crippen molar-refractivity contribution in [2.75, 3.05) is 12.4 Å². The van der Waals surface area contributed by atoms with E-state index in [0.29, 0.717) is 28.3 Å². The van der Waals surface area contributed by atoms with Crippen molar-refractivity contribution in [2.24, 2.45) is 0 Å². The lowest BCUT2D eigenvalue weighted by Gasteiger charge is -2.17. The molecule has 0 unspecified atom stereocenters. The lowest BCUT2D eigenvalue weighted by Crippen LogP contribution is -2.15. The zero-order chi connectivity index (χ0) is 19.2. The Balaban J connectivity index is 1.75. The first-order valence-corrected chi connectivity index (χ1v) is 9.02. The Kier molecular flexibility index (Phi) is 5.96. The van der Waals surface area contributed by atoms with E-state index in [4.69, 9.17) is 14.6 Å². The predicted molar refractivity (Wildman–Crippen MR) is 102 cm³/mol. The number of benzene rings is 2. The van der Waals surface area contributed by atoms with Gasteiger partial charge in [-0.2, -0.15) is 0 Å². The van der Waals surface area contributed by atoms with E-state index in [-0.39, 0.29) is 18.4 Å². The summed E-state index contributed by atoms with van der Waals surface area (Å²) in [6.45, 7) is 0. The average Bonchev–Trinajstić information content (AvgIpc) is 3.14. The van der Waals surface area contributed by atoms with Crippen LogP contribution in [0.25, 0.3) is 0 Å². The van der Waals surface area contributed by atoms with Crippen molar-refractivity contribution in [3.63, 3.8) is 0 Å². The van der Waals surface area contributed by atoms with Gasteiger partial charge in [-0.1, -0.05) is 12.1 Å². The van der Waals surface area contributed by atoms with E-state index in [0.717, 1.165) is 25.7 Å². The molecule has 0 spiro atoms. The molecule has 0 aliphatic heterocycles. The molecule has 0 bridgehead atoms. The molecule has 1 aliphatic carbocycles. The minimum Gasteiger partial charge on any atom is -0.493 e. The molecule has 2 aromatic rings. The lowest BCUT2D eigenvalue weighted by molar-refractivity contribution is -0.136. The first-order valence-electron chi connectivity index (χ1n) is 9.02. The number of methoxy groups -OCH3 is 1. The second-order valence-electron chi connectivity index (χ2n) is 6.61. The molecule has 142 valence electrons. The summed E-state index contributed by atoms with van der Waals surface area (Å²) in [5.41, 5.74) is 1.63. The number of aliphatic carboxylic acids is 1. The van der Waals surface area contributed by atoms with E-state index in [1.807, 2.05) is 0 Å². The van der Waals surface area contributed by atoms with Gasteiger partial charge in [0.25, 0.3) is 5.91 Å². The second kappa shape index (κ2) is 8.58. The number of hydrogen-bond donors (Lipinski definition) is 2. The fourth-order valence-corrected chi connectivity index (χ4v) is 3.23. The molecule has 0 atom stereocenters. The van der Waals surface area contributed by atoms with Gasteiger partial charge >= 0.3 is 5.97 Å². The van der Waals surface area contributed by atoms with E-state index in [2.05, 4.69) is 5.32 Å². The Morgan fingerprint density at radius 2 is 1.89 bits per heavy atom. The highest BCUT2D eigenvalue weighted by atomic mass is 16.5. The van der Waals surface area contributed by atoms with Crippen LogP contribution in [0.2, 0.25) is 0 Å². The zero-order valence-corrected chi connectivity index (χ0v) is 15.2. The van der Waals surface area contributed by atoms with Crippen LogP contribution in [0.5, 0.6) is 11.5 Å². The summed E-state index contributed by atoms with van der Waals surface area (Å²) in [5.74, 6) is -0.0395. The second-order valence-corrected chi connectivity index (χ2v) is 6.61. The quantitative estimate of drug-likeness (QED) is 0.773. The molecule has 1 saturated carbocycles. The van der Waals surface area contributed by atoms with Gasteiger partial charge in [0, 0.05) is 11.3 Å². The van der Waals surface area contributed by atoms with E-state index < -0.39 is 5.97 Å². The van der Waals surface area contributed by atoms with Gasteiger partial charge < -0.3 is 19.9 Å². The van der Waals surface area contributed by atoms with Crippen LogP contribution in [0.4, 0.5) is 5.69 Å². The molecule has 2 N–H and O–H groups in total.